The SMILES string of the molecule is C[N+](C)(C)CCc1ccc(O)c(I)c1. The molecule has 1 aromatic rings. The van der Waals surface area contributed by atoms with Gasteiger partial charge < -0.3 is 9.59 Å². The Labute approximate surface area is 99.3 Å². The molecule has 1 N–H and O–H groups in total. The molecular weight excluding hydrogens is 289 g/mol. The lowest BCUT2D eigenvalue weighted by Gasteiger charge is -2.23. The second kappa shape index (κ2) is 4.49. The second-order valence-corrected chi connectivity index (χ2v) is 5.71. The highest BCUT2D eigenvalue weighted by atomic mass is 127. The first kappa shape index (κ1) is 11.8. The fraction of sp³-hybridized carbons (Fsp3) is 0.455. The number of nitrogens with zero attached hydrogens (tertiary/aromatic N) is 1. The van der Waals surface area contributed by atoms with Gasteiger partial charge >= 0.3 is 0 Å². The highest BCUT2D eigenvalue weighted by Crippen LogP contribution is 2.20. The van der Waals surface area contributed by atoms with Gasteiger partial charge in [-0.2, -0.15) is 0 Å². The first-order chi connectivity index (χ1) is 6.38. The van der Waals surface area contributed by atoms with Crippen LogP contribution in [-0.2, 0) is 6.42 Å². The third-order valence-corrected chi connectivity index (χ3v) is 2.95. The predicted octanol–water partition coefficient (Wildman–Crippen LogP) is 2.25. The largest absolute Gasteiger partial charge is 0.507 e. The molecule has 2 nitrogen and oxygen atoms in total. The van der Waals surface area contributed by atoms with Gasteiger partial charge in [-0.15, -0.1) is 0 Å². The topological polar surface area (TPSA) is 20.2 Å². The number of aromatic hydroxyl groups is 1. The van der Waals surface area contributed by atoms with E-state index in [1.54, 1.807) is 6.07 Å². The van der Waals surface area contributed by atoms with Crippen LogP contribution in [-0.4, -0.2) is 37.3 Å². The van der Waals surface area contributed by atoms with E-state index in [0.29, 0.717) is 5.75 Å². The van der Waals surface area contributed by atoms with Gasteiger partial charge in [0.25, 0.3) is 0 Å². The Kier molecular flexibility index (Phi) is 3.78. The zero-order valence-electron chi connectivity index (χ0n) is 8.92. The Balaban J connectivity index is 2.65. The van der Waals surface area contributed by atoms with Gasteiger partial charge in [-0.1, -0.05) is 6.07 Å². The molecular formula is C11H17INO+. The number of halogens is 1. The normalized spacial score (nSPS) is 11.7. The van der Waals surface area contributed by atoms with E-state index in [2.05, 4.69) is 43.7 Å². The van der Waals surface area contributed by atoms with Crippen LogP contribution in [0.5, 0.6) is 5.75 Å². The van der Waals surface area contributed by atoms with E-state index in [-0.39, 0.29) is 0 Å². The number of rotatable bonds is 3. The van der Waals surface area contributed by atoms with Crippen LogP contribution in [0.4, 0.5) is 0 Å². The number of hydrogen-bond acceptors (Lipinski definition) is 1. The van der Waals surface area contributed by atoms with Crippen molar-refractivity contribution in [3.05, 3.63) is 27.3 Å². The molecule has 0 unspecified atom stereocenters. The summed E-state index contributed by atoms with van der Waals surface area (Å²) in [5.74, 6) is 0.375. The molecule has 0 aliphatic carbocycles. The van der Waals surface area contributed by atoms with Crippen molar-refractivity contribution >= 4 is 22.6 Å². The van der Waals surface area contributed by atoms with Gasteiger partial charge in [-0.25, -0.2) is 0 Å². The van der Waals surface area contributed by atoms with E-state index >= 15 is 0 Å². The summed E-state index contributed by atoms with van der Waals surface area (Å²) in [6.07, 6.45) is 1.06. The molecule has 0 atom stereocenters. The molecule has 1 aromatic carbocycles. The molecule has 0 aliphatic heterocycles. The summed E-state index contributed by atoms with van der Waals surface area (Å²) in [6, 6.07) is 5.81. The lowest BCUT2D eigenvalue weighted by Crippen LogP contribution is -2.36. The number of hydrogen-bond donors (Lipinski definition) is 1. The summed E-state index contributed by atoms with van der Waals surface area (Å²) < 4.78 is 1.90. The molecule has 0 bridgehead atoms. The Morgan fingerprint density at radius 3 is 2.43 bits per heavy atom. The summed E-state index contributed by atoms with van der Waals surface area (Å²) >= 11 is 2.16. The summed E-state index contributed by atoms with van der Waals surface area (Å²) in [5.41, 5.74) is 1.29. The van der Waals surface area contributed by atoms with Crippen LogP contribution in [0, 0.1) is 3.57 Å². The van der Waals surface area contributed by atoms with Crippen LogP contribution in [0.1, 0.15) is 5.56 Å². The van der Waals surface area contributed by atoms with Crippen molar-refractivity contribution in [3.8, 4) is 5.75 Å². The third kappa shape index (κ3) is 3.84. The van der Waals surface area contributed by atoms with Gasteiger partial charge in [0.2, 0.25) is 0 Å². The first-order valence-electron chi connectivity index (χ1n) is 4.66. The molecule has 0 saturated carbocycles. The smallest absolute Gasteiger partial charge is 0.128 e. The fourth-order valence-electron chi connectivity index (χ4n) is 1.17. The van der Waals surface area contributed by atoms with E-state index in [0.717, 1.165) is 21.0 Å². The second-order valence-electron chi connectivity index (χ2n) is 4.55. The van der Waals surface area contributed by atoms with Crippen LogP contribution in [0.15, 0.2) is 18.2 Å². The maximum atomic E-state index is 9.36. The number of phenolic OH excluding ortho intramolecular Hbond substituents is 1. The summed E-state index contributed by atoms with van der Waals surface area (Å²) in [5, 5.41) is 9.36. The summed E-state index contributed by atoms with van der Waals surface area (Å²) in [6.45, 7) is 1.11. The van der Waals surface area contributed by atoms with Crippen molar-refractivity contribution in [2.45, 2.75) is 6.42 Å². The average molecular weight is 306 g/mol. The van der Waals surface area contributed by atoms with Gasteiger partial charge in [0.15, 0.2) is 0 Å². The zero-order valence-corrected chi connectivity index (χ0v) is 11.1. The van der Waals surface area contributed by atoms with Gasteiger partial charge in [-0.3, -0.25) is 0 Å². The third-order valence-electron chi connectivity index (χ3n) is 2.08. The molecule has 0 heterocycles. The lowest BCUT2D eigenvalue weighted by molar-refractivity contribution is -0.870. The van der Waals surface area contributed by atoms with Gasteiger partial charge in [0, 0.05) is 6.42 Å². The van der Waals surface area contributed by atoms with Crippen LogP contribution < -0.4 is 0 Å². The van der Waals surface area contributed by atoms with Gasteiger partial charge in [-0.05, 0) is 40.3 Å². The van der Waals surface area contributed by atoms with E-state index < -0.39 is 0 Å². The van der Waals surface area contributed by atoms with Crippen LogP contribution >= 0.6 is 22.6 Å². The minimum absolute atomic E-state index is 0.375. The van der Waals surface area contributed by atoms with E-state index in [9.17, 15) is 5.11 Å². The maximum Gasteiger partial charge on any atom is 0.128 e. The quantitative estimate of drug-likeness (QED) is 0.671. The zero-order chi connectivity index (χ0) is 10.8. The summed E-state index contributed by atoms with van der Waals surface area (Å²) in [4.78, 5) is 0. The molecule has 3 heteroatoms. The monoisotopic (exact) mass is 306 g/mol. The number of likely N-dealkylation sites (N-methyl/N-ethyl adjacent to an activating group) is 1. The average Bonchev–Trinajstić information content (AvgIpc) is 2.06. The number of benzene rings is 1. The Morgan fingerprint density at radius 1 is 1.29 bits per heavy atom. The standard InChI is InChI=1S/C11H16INO/c1-13(2,3)7-6-9-4-5-11(14)10(12)8-9/h4-5,8H,6-7H2,1-3H3/p+1. The molecule has 0 radical (unpaired) electrons. The Bertz CT molecular complexity index is 318. The van der Waals surface area contributed by atoms with Gasteiger partial charge in [0.1, 0.15) is 5.75 Å². The Hall–Kier alpha value is -0.290. The molecule has 0 fully saturated rings. The molecule has 0 aliphatic rings. The molecule has 78 valence electrons. The van der Waals surface area contributed by atoms with Crippen LogP contribution in [0.2, 0.25) is 0 Å². The fourth-order valence-corrected chi connectivity index (χ4v) is 1.75. The van der Waals surface area contributed by atoms with Crippen molar-refractivity contribution < 1.29 is 9.59 Å². The highest BCUT2D eigenvalue weighted by Gasteiger charge is 2.07. The molecule has 0 saturated heterocycles. The first-order valence-corrected chi connectivity index (χ1v) is 5.74. The molecule has 0 spiro atoms. The molecule has 14 heavy (non-hydrogen) atoms. The minimum Gasteiger partial charge on any atom is -0.507 e. The maximum absolute atomic E-state index is 9.36. The van der Waals surface area contributed by atoms with E-state index in [1.807, 2.05) is 12.1 Å². The Morgan fingerprint density at radius 2 is 1.93 bits per heavy atom. The number of phenols is 1. The van der Waals surface area contributed by atoms with Crippen molar-refractivity contribution in [1.82, 2.24) is 0 Å². The van der Waals surface area contributed by atoms with Crippen molar-refractivity contribution in [2.24, 2.45) is 0 Å². The van der Waals surface area contributed by atoms with Gasteiger partial charge in [0.05, 0.1) is 31.3 Å². The van der Waals surface area contributed by atoms with Crippen molar-refractivity contribution in [1.29, 1.82) is 0 Å². The van der Waals surface area contributed by atoms with Crippen LogP contribution in [0.25, 0.3) is 0 Å². The minimum atomic E-state index is 0.375. The van der Waals surface area contributed by atoms with Crippen molar-refractivity contribution in [2.75, 3.05) is 27.7 Å². The molecule has 0 amide bonds. The molecule has 1 rings (SSSR count). The summed E-state index contributed by atoms with van der Waals surface area (Å²) in [7, 11) is 6.56. The van der Waals surface area contributed by atoms with Crippen molar-refractivity contribution in [3.63, 3.8) is 0 Å². The van der Waals surface area contributed by atoms with Crippen LogP contribution in [0.3, 0.4) is 0 Å². The van der Waals surface area contributed by atoms with E-state index in [4.69, 9.17) is 0 Å². The molecule has 0 aromatic heterocycles. The lowest BCUT2D eigenvalue weighted by atomic mass is 10.1. The van der Waals surface area contributed by atoms with E-state index in [1.165, 1.54) is 5.56 Å². The predicted molar refractivity (Wildman–Crippen MR) is 67.4 cm³/mol. The number of quaternary nitrogens is 1. The highest BCUT2D eigenvalue weighted by molar-refractivity contribution is 14.1.